The molecule has 3 rings (SSSR count). The van der Waals surface area contributed by atoms with Gasteiger partial charge in [0.2, 0.25) is 11.8 Å². The van der Waals surface area contributed by atoms with Crippen LogP contribution in [0, 0.1) is 10.1 Å². The van der Waals surface area contributed by atoms with Crippen LogP contribution in [0.15, 0.2) is 36.4 Å². The van der Waals surface area contributed by atoms with Crippen molar-refractivity contribution in [2.75, 3.05) is 50.7 Å². The third-order valence-corrected chi connectivity index (χ3v) is 6.52. The number of esters is 1. The largest absolute Gasteiger partial charge is 0.476 e. The van der Waals surface area contributed by atoms with Gasteiger partial charge >= 0.3 is 11.7 Å². The number of nitrogens with zero attached hydrogens (tertiary/aromatic N) is 4. The Labute approximate surface area is 276 Å². The van der Waals surface area contributed by atoms with Crippen molar-refractivity contribution in [3.63, 3.8) is 0 Å². The van der Waals surface area contributed by atoms with Crippen molar-refractivity contribution in [2.45, 2.75) is 45.4 Å². The summed E-state index contributed by atoms with van der Waals surface area (Å²) in [6.07, 6.45) is 4.53. The molecule has 0 aliphatic carbocycles. The van der Waals surface area contributed by atoms with Gasteiger partial charge in [0, 0.05) is 6.07 Å². The molecule has 2 amide bonds. The number of pyridine rings is 3. The molecule has 3 aromatic heterocycles. The van der Waals surface area contributed by atoms with E-state index in [1.54, 1.807) is 0 Å². The standard InChI is InChI=1S/C31H40N8O9/c1-3-4-5-6-17-48-30-25(39(43)44)14-13-21(37-30)27(41)34-22-10-9-20(36-28(22)46-18-7-15-32)26(40)35-23-11-12-24(31(42)45-2)38-29(23)47-19-8-16-33/h9-14H,3-8,15-19,32-33H2,1-2H3,(H,34,41)(H,35,40). The van der Waals surface area contributed by atoms with Crippen LogP contribution < -0.4 is 36.3 Å². The van der Waals surface area contributed by atoms with E-state index in [9.17, 15) is 24.5 Å². The van der Waals surface area contributed by atoms with Crippen molar-refractivity contribution in [1.29, 1.82) is 0 Å². The first-order valence-electron chi connectivity index (χ1n) is 15.4. The van der Waals surface area contributed by atoms with Crippen molar-refractivity contribution in [2.24, 2.45) is 11.5 Å². The summed E-state index contributed by atoms with van der Waals surface area (Å²) >= 11 is 0. The zero-order chi connectivity index (χ0) is 34.9. The smallest absolute Gasteiger partial charge is 0.356 e. The Bertz CT molecular complexity index is 1570. The molecule has 0 saturated carbocycles. The van der Waals surface area contributed by atoms with E-state index in [0.717, 1.165) is 25.3 Å². The summed E-state index contributed by atoms with van der Waals surface area (Å²) in [4.78, 5) is 61.9. The van der Waals surface area contributed by atoms with Crippen molar-refractivity contribution >= 4 is 34.8 Å². The summed E-state index contributed by atoms with van der Waals surface area (Å²) in [7, 11) is 1.21. The van der Waals surface area contributed by atoms with Gasteiger partial charge in [0.25, 0.3) is 17.7 Å². The number of carbonyl (C=O) groups excluding carboxylic acids is 3. The Morgan fingerprint density at radius 3 is 1.71 bits per heavy atom. The van der Waals surface area contributed by atoms with Crippen LogP contribution >= 0.6 is 0 Å². The van der Waals surface area contributed by atoms with E-state index in [1.165, 1.54) is 37.4 Å². The minimum absolute atomic E-state index is 0.0251. The van der Waals surface area contributed by atoms with Crippen LogP contribution in [0.4, 0.5) is 17.1 Å². The van der Waals surface area contributed by atoms with Crippen LogP contribution in [0.2, 0.25) is 0 Å². The average molecular weight is 669 g/mol. The molecule has 6 N–H and O–H groups in total. The van der Waals surface area contributed by atoms with Gasteiger partial charge in [-0.05, 0) is 62.7 Å². The van der Waals surface area contributed by atoms with E-state index >= 15 is 0 Å². The Kier molecular flexibility index (Phi) is 14.9. The predicted molar refractivity (Wildman–Crippen MR) is 175 cm³/mol. The van der Waals surface area contributed by atoms with Gasteiger partial charge in [-0.3, -0.25) is 19.7 Å². The highest BCUT2D eigenvalue weighted by Gasteiger charge is 2.23. The van der Waals surface area contributed by atoms with Gasteiger partial charge in [0.15, 0.2) is 5.69 Å². The normalized spacial score (nSPS) is 10.6. The molecule has 3 aromatic rings. The molecule has 0 bridgehead atoms. The Hall–Kier alpha value is -5.42. The lowest BCUT2D eigenvalue weighted by molar-refractivity contribution is -0.386. The second-order valence-corrected chi connectivity index (χ2v) is 10.2. The van der Waals surface area contributed by atoms with E-state index in [0.29, 0.717) is 32.4 Å². The zero-order valence-electron chi connectivity index (χ0n) is 26.9. The first-order valence-corrected chi connectivity index (χ1v) is 15.4. The molecule has 0 saturated heterocycles. The number of anilines is 2. The quantitative estimate of drug-likeness (QED) is 0.0583. The maximum atomic E-state index is 13.3. The first-order chi connectivity index (χ1) is 23.2. The van der Waals surface area contributed by atoms with Crippen molar-refractivity contribution in [1.82, 2.24) is 15.0 Å². The maximum absolute atomic E-state index is 13.3. The van der Waals surface area contributed by atoms with E-state index in [1.807, 2.05) is 0 Å². The molecule has 0 unspecified atom stereocenters. The van der Waals surface area contributed by atoms with Crippen molar-refractivity contribution in [3.05, 3.63) is 63.6 Å². The lowest BCUT2D eigenvalue weighted by atomic mass is 10.2. The van der Waals surface area contributed by atoms with Crippen molar-refractivity contribution in [3.8, 4) is 17.6 Å². The number of nitrogens with two attached hydrogens (primary N) is 2. The first kappa shape index (κ1) is 37.0. The third-order valence-electron chi connectivity index (χ3n) is 6.52. The number of aromatic nitrogens is 3. The molecule has 0 aliphatic heterocycles. The number of carbonyl (C=O) groups is 3. The zero-order valence-corrected chi connectivity index (χ0v) is 26.9. The summed E-state index contributed by atoms with van der Waals surface area (Å²) in [5, 5.41) is 16.8. The molecule has 0 atom stereocenters. The highest BCUT2D eigenvalue weighted by atomic mass is 16.6. The minimum Gasteiger partial charge on any atom is -0.476 e. The molecule has 258 valence electrons. The number of hydrogen-bond acceptors (Lipinski definition) is 14. The number of nitro groups is 1. The second-order valence-electron chi connectivity index (χ2n) is 10.2. The fraction of sp³-hybridized carbons (Fsp3) is 0.419. The molecule has 0 aliphatic rings. The molecule has 0 radical (unpaired) electrons. The highest BCUT2D eigenvalue weighted by Crippen LogP contribution is 2.28. The monoisotopic (exact) mass is 668 g/mol. The van der Waals surface area contributed by atoms with Gasteiger partial charge in [0.05, 0.1) is 31.9 Å². The summed E-state index contributed by atoms with van der Waals surface area (Å²) in [6, 6.07) is 7.90. The Morgan fingerprint density at radius 2 is 1.19 bits per heavy atom. The number of hydrogen-bond donors (Lipinski definition) is 4. The predicted octanol–water partition coefficient (Wildman–Crippen LogP) is 3.49. The summed E-state index contributed by atoms with van der Waals surface area (Å²) in [5.74, 6) is -2.47. The van der Waals surface area contributed by atoms with Gasteiger partial charge in [-0.1, -0.05) is 26.2 Å². The van der Waals surface area contributed by atoms with E-state index in [-0.39, 0.29) is 71.6 Å². The van der Waals surface area contributed by atoms with Crippen LogP contribution in [0.1, 0.15) is 76.9 Å². The molecular weight excluding hydrogens is 628 g/mol. The maximum Gasteiger partial charge on any atom is 0.356 e. The summed E-state index contributed by atoms with van der Waals surface area (Å²) < 4.78 is 21.6. The van der Waals surface area contributed by atoms with Gasteiger partial charge in [-0.2, -0.15) is 0 Å². The fourth-order valence-electron chi connectivity index (χ4n) is 4.02. The topological polar surface area (TPSA) is 246 Å². The fourth-order valence-corrected chi connectivity index (χ4v) is 4.02. The van der Waals surface area contributed by atoms with Gasteiger partial charge in [-0.15, -0.1) is 0 Å². The molecule has 48 heavy (non-hydrogen) atoms. The molecule has 17 nitrogen and oxygen atoms in total. The summed E-state index contributed by atoms with van der Waals surface area (Å²) in [6.45, 7) is 3.24. The average Bonchev–Trinajstić information content (AvgIpc) is 3.09. The molecular formula is C31H40N8O9. The van der Waals surface area contributed by atoms with Crippen LogP contribution in [0.3, 0.4) is 0 Å². The van der Waals surface area contributed by atoms with E-state index in [2.05, 4.69) is 32.5 Å². The lowest BCUT2D eigenvalue weighted by Gasteiger charge is -2.14. The van der Waals surface area contributed by atoms with Crippen molar-refractivity contribution < 1.29 is 38.3 Å². The van der Waals surface area contributed by atoms with Crippen LogP contribution in [-0.4, -0.2) is 77.7 Å². The number of methoxy groups -OCH3 is 1. The van der Waals surface area contributed by atoms with E-state index in [4.69, 9.17) is 30.4 Å². The SMILES string of the molecule is CCCCCCOc1nc(C(=O)Nc2ccc(C(=O)Nc3ccc(C(=O)OC)nc3OCCCN)nc2OCCCN)ccc1[N+](=O)[O-]. The number of unbranched alkanes of at least 4 members (excludes halogenated alkanes) is 3. The Morgan fingerprint density at radius 1 is 0.708 bits per heavy atom. The summed E-state index contributed by atoms with van der Waals surface area (Å²) in [5.41, 5.74) is 10.8. The minimum atomic E-state index is -0.723. The Balaban J connectivity index is 1.84. The number of ether oxygens (including phenoxy) is 4. The molecule has 3 heterocycles. The second kappa shape index (κ2) is 19.3. The highest BCUT2D eigenvalue weighted by molar-refractivity contribution is 6.06. The van der Waals surface area contributed by atoms with Crippen LogP contribution in [-0.2, 0) is 4.74 Å². The van der Waals surface area contributed by atoms with Gasteiger partial charge in [0.1, 0.15) is 22.8 Å². The third kappa shape index (κ3) is 10.8. The number of rotatable bonds is 20. The lowest BCUT2D eigenvalue weighted by Crippen LogP contribution is -2.19. The molecule has 0 spiro atoms. The van der Waals surface area contributed by atoms with Gasteiger partial charge in [-0.25, -0.2) is 19.7 Å². The number of nitrogens with one attached hydrogen (secondary N) is 2. The molecule has 0 fully saturated rings. The molecule has 0 aromatic carbocycles. The number of amides is 2. The molecule has 17 heteroatoms. The van der Waals surface area contributed by atoms with Crippen LogP contribution in [0.25, 0.3) is 0 Å². The van der Waals surface area contributed by atoms with Gasteiger partial charge < -0.3 is 41.0 Å². The van der Waals surface area contributed by atoms with Crippen LogP contribution in [0.5, 0.6) is 17.6 Å². The van der Waals surface area contributed by atoms with E-state index < -0.39 is 22.7 Å².